The molecule has 6 heteroatoms. The standard InChI is InChI=1S/C18H29N3O2.HI/c1-4-19-17(21-14-18(2)11-7-13-23-18)20-12-10-15-8-5-6-9-16(15)22-3;/h5-6,8-9H,4,7,10-14H2,1-3H3,(H2,19,20,21);1H. The SMILES string of the molecule is CCNC(=NCC1(C)CCCO1)NCCc1ccccc1OC.I. The highest BCUT2D eigenvalue weighted by molar-refractivity contribution is 14.0. The minimum atomic E-state index is -0.106. The van der Waals surface area contributed by atoms with Crippen molar-refractivity contribution in [1.82, 2.24) is 10.6 Å². The Hall–Kier alpha value is -1.02. The first-order valence-corrected chi connectivity index (χ1v) is 8.45. The summed E-state index contributed by atoms with van der Waals surface area (Å²) in [6, 6.07) is 8.11. The van der Waals surface area contributed by atoms with Crippen LogP contribution in [0.4, 0.5) is 0 Å². The fourth-order valence-electron chi connectivity index (χ4n) is 2.77. The van der Waals surface area contributed by atoms with Crippen LogP contribution < -0.4 is 15.4 Å². The Kier molecular flexibility index (Phi) is 9.43. The quantitative estimate of drug-likeness (QED) is 0.384. The number of para-hydroxylation sites is 1. The fraction of sp³-hybridized carbons (Fsp3) is 0.611. The number of ether oxygens (including phenoxy) is 2. The maximum absolute atomic E-state index is 5.79. The van der Waals surface area contributed by atoms with E-state index in [2.05, 4.69) is 35.5 Å². The molecule has 1 heterocycles. The van der Waals surface area contributed by atoms with Gasteiger partial charge in [0.1, 0.15) is 5.75 Å². The molecule has 1 unspecified atom stereocenters. The molecule has 0 saturated carbocycles. The predicted molar refractivity (Wildman–Crippen MR) is 110 cm³/mol. The largest absolute Gasteiger partial charge is 0.496 e. The fourth-order valence-corrected chi connectivity index (χ4v) is 2.77. The lowest BCUT2D eigenvalue weighted by Crippen LogP contribution is -2.40. The molecule has 5 nitrogen and oxygen atoms in total. The lowest BCUT2D eigenvalue weighted by molar-refractivity contribution is 0.0283. The molecular weight excluding hydrogens is 417 g/mol. The second-order valence-electron chi connectivity index (χ2n) is 6.09. The summed E-state index contributed by atoms with van der Waals surface area (Å²) in [7, 11) is 1.71. The molecule has 1 aliphatic rings. The number of nitrogens with zero attached hydrogens (tertiary/aromatic N) is 1. The van der Waals surface area contributed by atoms with E-state index in [0.717, 1.165) is 50.7 Å². The van der Waals surface area contributed by atoms with Crippen molar-refractivity contribution in [2.45, 2.75) is 38.7 Å². The summed E-state index contributed by atoms with van der Waals surface area (Å²) in [5, 5.41) is 6.68. The van der Waals surface area contributed by atoms with Crippen molar-refractivity contribution < 1.29 is 9.47 Å². The maximum Gasteiger partial charge on any atom is 0.191 e. The first kappa shape index (κ1) is 21.0. The molecular formula is C18H30IN3O2. The zero-order chi connectivity index (χ0) is 16.5. The van der Waals surface area contributed by atoms with Crippen molar-refractivity contribution in [1.29, 1.82) is 0 Å². The van der Waals surface area contributed by atoms with Crippen molar-refractivity contribution in [3.8, 4) is 5.75 Å². The molecule has 1 atom stereocenters. The van der Waals surface area contributed by atoms with E-state index in [1.807, 2.05) is 18.2 Å². The van der Waals surface area contributed by atoms with Gasteiger partial charge in [0.2, 0.25) is 0 Å². The summed E-state index contributed by atoms with van der Waals surface area (Å²) in [5.41, 5.74) is 1.09. The van der Waals surface area contributed by atoms with E-state index in [0.29, 0.717) is 6.54 Å². The van der Waals surface area contributed by atoms with Crippen LogP contribution in [0.3, 0.4) is 0 Å². The molecule has 1 aromatic rings. The Balaban J connectivity index is 0.00000288. The molecule has 0 spiro atoms. The third-order valence-corrected chi connectivity index (χ3v) is 4.10. The number of guanidine groups is 1. The van der Waals surface area contributed by atoms with E-state index in [1.54, 1.807) is 7.11 Å². The minimum Gasteiger partial charge on any atom is -0.496 e. The molecule has 0 bridgehead atoms. The molecule has 1 aliphatic heterocycles. The normalized spacial score (nSPS) is 20.4. The Morgan fingerprint density at radius 1 is 1.33 bits per heavy atom. The van der Waals surface area contributed by atoms with Crippen LogP contribution in [0, 0.1) is 0 Å². The number of hydrogen-bond donors (Lipinski definition) is 2. The maximum atomic E-state index is 5.79. The molecule has 2 rings (SSSR count). The van der Waals surface area contributed by atoms with Crippen LogP contribution in [-0.2, 0) is 11.2 Å². The van der Waals surface area contributed by atoms with Crippen molar-refractivity contribution in [3.63, 3.8) is 0 Å². The molecule has 0 amide bonds. The van der Waals surface area contributed by atoms with Crippen LogP contribution in [0.2, 0.25) is 0 Å². The minimum absolute atomic E-state index is 0. The lowest BCUT2D eigenvalue weighted by Gasteiger charge is -2.21. The van der Waals surface area contributed by atoms with Crippen LogP contribution in [-0.4, -0.2) is 44.9 Å². The summed E-state index contributed by atoms with van der Waals surface area (Å²) in [6.07, 6.45) is 3.10. The number of halogens is 1. The van der Waals surface area contributed by atoms with Crippen molar-refractivity contribution >= 4 is 29.9 Å². The van der Waals surface area contributed by atoms with Gasteiger partial charge in [-0.3, -0.25) is 4.99 Å². The van der Waals surface area contributed by atoms with Gasteiger partial charge in [-0.05, 0) is 44.7 Å². The summed E-state index contributed by atoms with van der Waals surface area (Å²) >= 11 is 0. The zero-order valence-electron chi connectivity index (χ0n) is 14.9. The van der Waals surface area contributed by atoms with Gasteiger partial charge in [0.25, 0.3) is 0 Å². The van der Waals surface area contributed by atoms with Crippen LogP contribution in [0.25, 0.3) is 0 Å². The zero-order valence-corrected chi connectivity index (χ0v) is 17.3. The number of rotatable bonds is 7. The average Bonchev–Trinajstić information content (AvgIpc) is 3.00. The van der Waals surface area contributed by atoms with Gasteiger partial charge >= 0.3 is 0 Å². The molecule has 136 valence electrons. The van der Waals surface area contributed by atoms with Crippen molar-refractivity contribution in [2.75, 3.05) is 33.4 Å². The summed E-state index contributed by atoms with van der Waals surface area (Å²) in [6.45, 7) is 7.41. The third-order valence-electron chi connectivity index (χ3n) is 4.10. The summed E-state index contributed by atoms with van der Waals surface area (Å²) in [5.74, 6) is 1.78. The predicted octanol–water partition coefficient (Wildman–Crippen LogP) is 2.98. The summed E-state index contributed by atoms with van der Waals surface area (Å²) in [4.78, 5) is 4.68. The average molecular weight is 447 g/mol. The number of methoxy groups -OCH3 is 1. The van der Waals surface area contributed by atoms with Gasteiger partial charge in [0, 0.05) is 19.7 Å². The van der Waals surface area contributed by atoms with Crippen LogP contribution in [0.5, 0.6) is 5.75 Å². The highest BCUT2D eigenvalue weighted by atomic mass is 127. The van der Waals surface area contributed by atoms with Crippen molar-refractivity contribution in [2.24, 2.45) is 4.99 Å². The van der Waals surface area contributed by atoms with Crippen LogP contribution in [0.1, 0.15) is 32.3 Å². The van der Waals surface area contributed by atoms with Gasteiger partial charge in [-0.1, -0.05) is 18.2 Å². The monoisotopic (exact) mass is 447 g/mol. The Bertz CT molecular complexity index is 517. The topological polar surface area (TPSA) is 54.9 Å². The van der Waals surface area contributed by atoms with Gasteiger partial charge in [-0.2, -0.15) is 0 Å². The van der Waals surface area contributed by atoms with Gasteiger partial charge in [-0.25, -0.2) is 0 Å². The molecule has 1 aromatic carbocycles. The van der Waals surface area contributed by atoms with E-state index >= 15 is 0 Å². The number of hydrogen-bond acceptors (Lipinski definition) is 3. The Labute approximate surface area is 162 Å². The van der Waals surface area contributed by atoms with Gasteiger partial charge in [-0.15, -0.1) is 24.0 Å². The van der Waals surface area contributed by atoms with Crippen LogP contribution in [0.15, 0.2) is 29.3 Å². The third kappa shape index (κ3) is 6.47. The van der Waals surface area contributed by atoms with E-state index in [-0.39, 0.29) is 29.6 Å². The lowest BCUT2D eigenvalue weighted by atomic mass is 10.0. The van der Waals surface area contributed by atoms with Gasteiger partial charge < -0.3 is 20.1 Å². The van der Waals surface area contributed by atoms with E-state index < -0.39 is 0 Å². The number of nitrogens with one attached hydrogen (secondary N) is 2. The first-order valence-electron chi connectivity index (χ1n) is 8.45. The smallest absolute Gasteiger partial charge is 0.191 e. The molecule has 1 fully saturated rings. The van der Waals surface area contributed by atoms with Crippen molar-refractivity contribution in [3.05, 3.63) is 29.8 Å². The summed E-state index contributed by atoms with van der Waals surface area (Å²) < 4.78 is 11.2. The second kappa shape index (κ2) is 10.8. The molecule has 0 radical (unpaired) electrons. The van der Waals surface area contributed by atoms with Gasteiger partial charge in [0.05, 0.1) is 19.3 Å². The highest BCUT2D eigenvalue weighted by Gasteiger charge is 2.29. The van der Waals surface area contributed by atoms with Gasteiger partial charge in [0.15, 0.2) is 5.96 Å². The van der Waals surface area contributed by atoms with E-state index in [9.17, 15) is 0 Å². The van der Waals surface area contributed by atoms with E-state index in [4.69, 9.17) is 9.47 Å². The van der Waals surface area contributed by atoms with Crippen LogP contribution >= 0.6 is 24.0 Å². The molecule has 2 N–H and O–H groups in total. The Morgan fingerprint density at radius 3 is 2.79 bits per heavy atom. The molecule has 0 aromatic heterocycles. The molecule has 0 aliphatic carbocycles. The Morgan fingerprint density at radius 2 is 2.12 bits per heavy atom. The van der Waals surface area contributed by atoms with E-state index in [1.165, 1.54) is 5.56 Å². The molecule has 1 saturated heterocycles. The highest BCUT2D eigenvalue weighted by Crippen LogP contribution is 2.25. The molecule has 24 heavy (non-hydrogen) atoms. The number of benzene rings is 1. The number of aliphatic imine (C=N–C) groups is 1. The first-order chi connectivity index (χ1) is 11.2. The second-order valence-corrected chi connectivity index (χ2v) is 6.09.